The van der Waals surface area contributed by atoms with E-state index in [0.29, 0.717) is 26.2 Å². The molecular formula is C18H23F2N3O3. The zero-order chi connectivity index (χ0) is 19.4. The number of carbonyl (C=O) groups is 3. The second-order valence-corrected chi connectivity index (χ2v) is 6.62. The Morgan fingerprint density at radius 3 is 1.96 bits per heavy atom. The van der Waals surface area contributed by atoms with E-state index < -0.39 is 29.1 Å². The van der Waals surface area contributed by atoms with Gasteiger partial charge in [0.15, 0.2) is 0 Å². The zero-order valence-electron chi connectivity index (χ0n) is 15.1. The van der Waals surface area contributed by atoms with Crippen LogP contribution < -0.4 is 5.32 Å². The highest BCUT2D eigenvalue weighted by atomic mass is 19.1. The first-order valence-electron chi connectivity index (χ1n) is 8.51. The summed E-state index contributed by atoms with van der Waals surface area (Å²) in [5, 5.41) is 2.45. The molecule has 3 amide bonds. The minimum atomic E-state index is -0.979. The Bertz CT molecular complexity index is 681. The number of rotatable bonds is 4. The molecular weight excluding hydrogens is 344 g/mol. The largest absolute Gasteiger partial charge is 0.340 e. The van der Waals surface area contributed by atoms with Crippen LogP contribution in [0.4, 0.5) is 8.78 Å². The van der Waals surface area contributed by atoms with Gasteiger partial charge in [0.25, 0.3) is 5.91 Å². The summed E-state index contributed by atoms with van der Waals surface area (Å²) in [6.07, 6.45) is 0. The van der Waals surface area contributed by atoms with Crippen molar-refractivity contribution in [3.05, 3.63) is 35.4 Å². The van der Waals surface area contributed by atoms with Crippen LogP contribution in [0.3, 0.4) is 0 Å². The Kier molecular flexibility index (Phi) is 6.28. The molecule has 0 radical (unpaired) electrons. The van der Waals surface area contributed by atoms with E-state index >= 15 is 0 Å². The summed E-state index contributed by atoms with van der Waals surface area (Å²) in [6, 6.07) is 2.24. The lowest BCUT2D eigenvalue weighted by atomic mass is 10.0. The summed E-state index contributed by atoms with van der Waals surface area (Å²) in [7, 11) is 0. The third kappa shape index (κ3) is 4.36. The molecule has 1 aromatic rings. The Morgan fingerprint density at radius 1 is 1.00 bits per heavy atom. The van der Waals surface area contributed by atoms with Crippen LogP contribution in [-0.4, -0.2) is 59.7 Å². The molecule has 6 nitrogen and oxygen atoms in total. The van der Waals surface area contributed by atoms with Gasteiger partial charge < -0.3 is 15.1 Å². The van der Waals surface area contributed by atoms with Crippen LogP contribution in [0.5, 0.6) is 0 Å². The molecule has 0 unspecified atom stereocenters. The molecule has 1 atom stereocenters. The fraction of sp³-hybridized carbons (Fsp3) is 0.500. The third-order valence-corrected chi connectivity index (χ3v) is 4.45. The van der Waals surface area contributed by atoms with Crippen LogP contribution >= 0.6 is 0 Å². The molecule has 0 spiro atoms. The van der Waals surface area contributed by atoms with Crippen molar-refractivity contribution in [2.24, 2.45) is 5.92 Å². The average molecular weight is 367 g/mol. The molecule has 1 heterocycles. The summed E-state index contributed by atoms with van der Waals surface area (Å²) < 4.78 is 27.6. The molecule has 142 valence electrons. The summed E-state index contributed by atoms with van der Waals surface area (Å²) in [6.45, 7) is 6.50. The molecule has 1 aliphatic rings. The van der Waals surface area contributed by atoms with E-state index in [-0.39, 0.29) is 17.7 Å². The second kappa shape index (κ2) is 8.25. The highest BCUT2D eigenvalue weighted by Crippen LogP contribution is 2.15. The van der Waals surface area contributed by atoms with Crippen molar-refractivity contribution < 1.29 is 23.2 Å². The molecule has 0 aliphatic carbocycles. The first-order chi connectivity index (χ1) is 12.2. The van der Waals surface area contributed by atoms with Crippen molar-refractivity contribution in [3.63, 3.8) is 0 Å². The second-order valence-electron chi connectivity index (χ2n) is 6.62. The van der Waals surface area contributed by atoms with Crippen LogP contribution in [0, 0.1) is 17.6 Å². The average Bonchev–Trinajstić information content (AvgIpc) is 2.58. The number of benzene rings is 1. The van der Waals surface area contributed by atoms with Crippen molar-refractivity contribution in [2.75, 3.05) is 26.2 Å². The van der Waals surface area contributed by atoms with Crippen molar-refractivity contribution in [2.45, 2.75) is 26.8 Å². The van der Waals surface area contributed by atoms with Gasteiger partial charge in [0, 0.05) is 33.1 Å². The molecule has 1 N–H and O–H groups in total. The minimum Gasteiger partial charge on any atom is -0.340 e. The summed E-state index contributed by atoms with van der Waals surface area (Å²) in [5.74, 6) is -3.57. The predicted octanol–water partition coefficient (Wildman–Crippen LogP) is 1.41. The van der Waals surface area contributed by atoms with Crippen molar-refractivity contribution in [1.82, 2.24) is 15.1 Å². The number of carbonyl (C=O) groups excluding carboxylic acids is 3. The number of nitrogens with one attached hydrogen (secondary N) is 1. The molecule has 1 aromatic carbocycles. The first-order valence-corrected chi connectivity index (χ1v) is 8.51. The number of piperazine rings is 1. The van der Waals surface area contributed by atoms with Gasteiger partial charge in [-0.05, 0) is 18.1 Å². The van der Waals surface area contributed by atoms with E-state index in [9.17, 15) is 23.2 Å². The van der Waals surface area contributed by atoms with Crippen LogP contribution in [-0.2, 0) is 9.59 Å². The van der Waals surface area contributed by atoms with Gasteiger partial charge in [-0.25, -0.2) is 8.78 Å². The van der Waals surface area contributed by atoms with Crippen LogP contribution in [0.2, 0.25) is 0 Å². The predicted molar refractivity (Wildman–Crippen MR) is 91.3 cm³/mol. The lowest BCUT2D eigenvalue weighted by Gasteiger charge is -2.37. The molecule has 0 saturated carbocycles. The molecule has 26 heavy (non-hydrogen) atoms. The van der Waals surface area contributed by atoms with E-state index in [1.807, 2.05) is 0 Å². The molecule has 1 fully saturated rings. The van der Waals surface area contributed by atoms with E-state index in [4.69, 9.17) is 0 Å². The molecule has 1 saturated heterocycles. The lowest BCUT2D eigenvalue weighted by Crippen LogP contribution is -2.57. The molecule has 8 heteroatoms. The first kappa shape index (κ1) is 19.8. The van der Waals surface area contributed by atoms with Gasteiger partial charge in [-0.15, -0.1) is 0 Å². The van der Waals surface area contributed by atoms with Gasteiger partial charge >= 0.3 is 0 Å². The van der Waals surface area contributed by atoms with E-state index in [0.717, 1.165) is 12.1 Å². The normalized spacial score (nSPS) is 15.8. The fourth-order valence-electron chi connectivity index (χ4n) is 2.88. The molecule has 0 bridgehead atoms. The SMILES string of the molecule is CC(=O)N1CCN(C(=O)[C@@H](NC(=O)c2c(F)cccc2F)C(C)C)CC1. The van der Waals surface area contributed by atoms with Crippen molar-refractivity contribution >= 4 is 17.7 Å². The van der Waals surface area contributed by atoms with Crippen LogP contribution in [0.15, 0.2) is 18.2 Å². The van der Waals surface area contributed by atoms with Gasteiger partial charge in [0.1, 0.15) is 23.2 Å². The van der Waals surface area contributed by atoms with Gasteiger partial charge in [-0.3, -0.25) is 14.4 Å². The summed E-state index contributed by atoms with van der Waals surface area (Å²) in [4.78, 5) is 39.7. The molecule has 0 aromatic heterocycles. The van der Waals surface area contributed by atoms with Gasteiger partial charge in [-0.2, -0.15) is 0 Å². The monoisotopic (exact) mass is 367 g/mol. The Balaban J connectivity index is 2.10. The Morgan fingerprint density at radius 2 is 1.50 bits per heavy atom. The van der Waals surface area contributed by atoms with Crippen LogP contribution in [0.25, 0.3) is 0 Å². The third-order valence-electron chi connectivity index (χ3n) is 4.45. The number of hydrogen-bond donors (Lipinski definition) is 1. The Labute approximate surface area is 151 Å². The number of halogens is 2. The van der Waals surface area contributed by atoms with E-state index in [1.165, 1.54) is 13.0 Å². The van der Waals surface area contributed by atoms with Crippen molar-refractivity contribution in [3.8, 4) is 0 Å². The highest BCUT2D eigenvalue weighted by molar-refractivity contribution is 5.98. The van der Waals surface area contributed by atoms with Crippen molar-refractivity contribution in [1.29, 1.82) is 0 Å². The quantitative estimate of drug-likeness (QED) is 0.875. The van der Waals surface area contributed by atoms with E-state index in [2.05, 4.69) is 5.32 Å². The van der Waals surface area contributed by atoms with Gasteiger partial charge in [0.2, 0.25) is 11.8 Å². The standard InChI is InChI=1S/C18H23F2N3O3/c1-11(2)16(18(26)23-9-7-22(8-10-23)12(3)24)21-17(25)15-13(19)5-4-6-14(15)20/h4-6,11,16H,7-10H2,1-3H3,(H,21,25)/t16-/m0/s1. The number of nitrogens with zero attached hydrogens (tertiary/aromatic N) is 2. The fourth-order valence-corrected chi connectivity index (χ4v) is 2.88. The maximum absolute atomic E-state index is 13.8. The van der Waals surface area contributed by atoms with Gasteiger partial charge in [-0.1, -0.05) is 19.9 Å². The molecule has 1 aliphatic heterocycles. The Hall–Kier alpha value is -2.51. The summed E-state index contributed by atoms with van der Waals surface area (Å²) in [5.41, 5.74) is -0.702. The number of hydrogen-bond acceptors (Lipinski definition) is 3. The molecule has 2 rings (SSSR count). The zero-order valence-corrected chi connectivity index (χ0v) is 15.1. The highest BCUT2D eigenvalue weighted by Gasteiger charge is 2.32. The lowest BCUT2D eigenvalue weighted by molar-refractivity contribution is -0.140. The summed E-state index contributed by atoms with van der Waals surface area (Å²) >= 11 is 0. The topological polar surface area (TPSA) is 69.7 Å². The van der Waals surface area contributed by atoms with E-state index in [1.54, 1.807) is 23.6 Å². The number of amides is 3. The smallest absolute Gasteiger partial charge is 0.257 e. The maximum Gasteiger partial charge on any atom is 0.257 e. The van der Waals surface area contributed by atoms with Gasteiger partial charge in [0.05, 0.1) is 0 Å². The minimum absolute atomic E-state index is 0.0548. The van der Waals surface area contributed by atoms with Crippen LogP contribution in [0.1, 0.15) is 31.1 Å². The maximum atomic E-state index is 13.8.